The Hall–Kier alpha value is -1.32. The quantitative estimate of drug-likeness (QED) is 0.830. The van der Waals surface area contributed by atoms with E-state index in [1.54, 1.807) is 4.90 Å². The van der Waals surface area contributed by atoms with Gasteiger partial charge in [0.2, 0.25) is 5.91 Å². The van der Waals surface area contributed by atoms with E-state index in [0.717, 1.165) is 24.4 Å². The third-order valence-electron chi connectivity index (χ3n) is 3.06. The van der Waals surface area contributed by atoms with E-state index in [-0.39, 0.29) is 5.91 Å². The van der Waals surface area contributed by atoms with E-state index in [1.807, 2.05) is 13.1 Å². The van der Waals surface area contributed by atoms with Crippen molar-refractivity contribution in [1.82, 2.24) is 10.2 Å². The third-order valence-corrected chi connectivity index (χ3v) is 3.06. The number of aromatic amines is 1. The molecule has 1 aliphatic carbocycles. The van der Waals surface area contributed by atoms with Crippen LogP contribution in [0.1, 0.15) is 50.6 Å². The maximum absolute atomic E-state index is 11.8. The zero-order chi connectivity index (χ0) is 11.5. The number of amides is 1. The molecule has 1 fully saturated rings. The summed E-state index contributed by atoms with van der Waals surface area (Å²) in [6.45, 7) is 2.09. The van der Waals surface area contributed by atoms with Crippen LogP contribution in [0, 0.1) is 0 Å². The fourth-order valence-corrected chi connectivity index (χ4v) is 1.72. The van der Waals surface area contributed by atoms with Crippen LogP contribution in [0.2, 0.25) is 0 Å². The number of aromatic nitrogens is 2. The van der Waals surface area contributed by atoms with E-state index in [9.17, 15) is 4.79 Å². The lowest BCUT2D eigenvalue weighted by Crippen LogP contribution is -2.26. The van der Waals surface area contributed by atoms with Gasteiger partial charge in [-0.25, -0.2) is 0 Å². The molecule has 1 heterocycles. The highest BCUT2D eigenvalue weighted by molar-refractivity contribution is 5.91. The van der Waals surface area contributed by atoms with Crippen molar-refractivity contribution in [2.75, 3.05) is 11.9 Å². The molecule has 0 unspecified atom stereocenters. The molecule has 1 aromatic heterocycles. The van der Waals surface area contributed by atoms with Gasteiger partial charge in [0.05, 0.1) is 5.69 Å². The molecule has 1 N–H and O–H groups in total. The van der Waals surface area contributed by atoms with Gasteiger partial charge in [0.25, 0.3) is 0 Å². The summed E-state index contributed by atoms with van der Waals surface area (Å²) in [6, 6.07) is 2.00. The van der Waals surface area contributed by atoms with Crippen LogP contribution in [-0.2, 0) is 4.79 Å². The Morgan fingerprint density at radius 3 is 3.00 bits per heavy atom. The van der Waals surface area contributed by atoms with Crippen LogP contribution in [0.3, 0.4) is 0 Å². The standard InChI is InChI=1S/C12H19N3O/c1-3-4-5-12(16)15(2)11-8-10(13-14-11)9-6-7-9/h8-9H,3-7H2,1-2H3,(H,13,14). The lowest BCUT2D eigenvalue weighted by atomic mass is 10.2. The Balaban J connectivity index is 1.96. The summed E-state index contributed by atoms with van der Waals surface area (Å²) in [6.07, 6.45) is 5.09. The maximum Gasteiger partial charge on any atom is 0.227 e. The molecule has 0 spiro atoms. The average Bonchev–Trinajstić information content (AvgIpc) is 3.03. The molecule has 88 valence electrons. The number of carbonyl (C=O) groups is 1. The van der Waals surface area contributed by atoms with Gasteiger partial charge < -0.3 is 4.90 Å². The molecule has 1 amide bonds. The Morgan fingerprint density at radius 1 is 1.62 bits per heavy atom. The number of hydrogen-bond donors (Lipinski definition) is 1. The minimum absolute atomic E-state index is 0.160. The number of anilines is 1. The number of hydrogen-bond acceptors (Lipinski definition) is 2. The Morgan fingerprint density at radius 2 is 2.38 bits per heavy atom. The van der Waals surface area contributed by atoms with Crippen LogP contribution in [0.25, 0.3) is 0 Å². The minimum atomic E-state index is 0.160. The molecule has 0 aromatic carbocycles. The summed E-state index contributed by atoms with van der Waals surface area (Å²) in [5.74, 6) is 1.61. The lowest BCUT2D eigenvalue weighted by molar-refractivity contribution is -0.118. The van der Waals surface area contributed by atoms with Gasteiger partial charge in [-0.1, -0.05) is 13.3 Å². The average molecular weight is 221 g/mol. The van der Waals surface area contributed by atoms with E-state index in [0.29, 0.717) is 12.3 Å². The molecule has 0 bridgehead atoms. The van der Waals surface area contributed by atoms with Gasteiger partial charge in [-0.15, -0.1) is 0 Å². The second-order valence-corrected chi connectivity index (χ2v) is 4.51. The maximum atomic E-state index is 11.8. The molecule has 16 heavy (non-hydrogen) atoms. The number of H-pyrrole nitrogens is 1. The van der Waals surface area contributed by atoms with Crippen LogP contribution >= 0.6 is 0 Å². The molecular formula is C12H19N3O. The van der Waals surface area contributed by atoms with Crippen LogP contribution in [0.15, 0.2) is 6.07 Å². The summed E-state index contributed by atoms with van der Waals surface area (Å²) in [5, 5.41) is 7.18. The molecule has 0 aliphatic heterocycles. The summed E-state index contributed by atoms with van der Waals surface area (Å²) < 4.78 is 0. The predicted octanol–water partition coefficient (Wildman–Crippen LogP) is 2.44. The SMILES string of the molecule is CCCCC(=O)N(C)c1cc(C2CC2)n[nH]1. The van der Waals surface area contributed by atoms with Crippen LogP contribution < -0.4 is 4.90 Å². The van der Waals surface area contributed by atoms with Crippen molar-refractivity contribution in [1.29, 1.82) is 0 Å². The summed E-state index contributed by atoms with van der Waals surface area (Å²) in [4.78, 5) is 13.5. The van der Waals surface area contributed by atoms with Gasteiger partial charge in [0, 0.05) is 25.5 Å². The van der Waals surface area contributed by atoms with Crippen molar-refractivity contribution < 1.29 is 4.79 Å². The van der Waals surface area contributed by atoms with E-state index in [4.69, 9.17) is 0 Å². The van der Waals surface area contributed by atoms with Crippen molar-refractivity contribution in [3.63, 3.8) is 0 Å². The normalized spacial score (nSPS) is 15.1. The predicted molar refractivity (Wildman–Crippen MR) is 63.5 cm³/mol. The van der Waals surface area contributed by atoms with E-state index in [2.05, 4.69) is 17.1 Å². The Bertz CT molecular complexity index is 368. The van der Waals surface area contributed by atoms with Crippen molar-refractivity contribution >= 4 is 11.7 Å². The van der Waals surface area contributed by atoms with Crippen LogP contribution in [0.4, 0.5) is 5.82 Å². The highest BCUT2D eigenvalue weighted by Gasteiger charge is 2.27. The van der Waals surface area contributed by atoms with Gasteiger partial charge in [0.1, 0.15) is 5.82 Å². The first-order valence-corrected chi connectivity index (χ1v) is 6.04. The smallest absolute Gasteiger partial charge is 0.227 e. The zero-order valence-corrected chi connectivity index (χ0v) is 9.99. The molecule has 4 heteroatoms. The molecule has 4 nitrogen and oxygen atoms in total. The van der Waals surface area contributed by atoms with E-state index >= 15 is 0 Å². The number of nitrogens with one attached hydrogen (secondary N) is 1. The first-order chi connectivity index (χ1) is 7.72. The summed E-state index contributed by atoms with van der Waals surface area (Å²) in [5.41, 5.74) is 1.10. The number of unbranched alkanes of at least 4 members (excludes halogenated alkanes) is 1. The highest BCUT2D eigenvalue weighted by atomic mass is 16.2. The van der Waals surface area contributed by atoms with Crippen molar-refractivity contribution in [2.45, 2.75) is 44.9 Å². The molecule has 0 atom stereocenters. The van der Waals surface area contributed by atoms with Gasteiger partial charge >= 0.3 is 0 Å². The van der Waals surface area contributed by atoms with E-state index in [1.165, 1.54) is 12.8 Å². The van der Waals surface area contributed by atoms with Gasteiger partial charge in [-0.3, -0.25) is 9.89 Å². The Labute approximate surface area is 96.0 Å². The number of rotatable bonds is 5. The van der Waals surface area contributed by atoms with Crippen LogP contribution in [-0.4, -0.2) is 23.2 Å². The second kappa shape index (κ2) is 4.68. The molecule has 0 radical (unpaired) electrons. The highest BCUT2D eigenvalue weighted by Crippen LogP contribution is 2.39. The number of carbonyl (C=O) groups excluding carboxylic acids is 1. The Kier molecular flexibility index (Phi) is 3.27. The topological polar surface area (TPSA) is 49.0 Å². The summed E-state index contributed by atoms with van der Waals surface area (Å²) >= 11 is 0. The van der Waals surface area contributed by atoms with Gasteiger partial charge in [0.15, 0.2) is 0 Å². The number of nitrogens with zero attached hydrogens (tertiary/aromatic N) is 2. The summed E-state index contributed by atoms with van der Waals surface area (Å²) in [7, 11) is 1.81. The zero-order valence-electron chi connectivity index (χ0n) is 9.99. The first-order valence-electron chi connectivity index (χ1n) is 6.04. The fraction of sp³-hybridized carbons (Fsp3) is 0.667. The lowest BCUT2D eigenvalue weighted by Gasteiger charge is -2.14. The minimum Gasteiger partial charge on any atom is -0.300 e. The largest absolute Gasteiger partial charge is 0.300 e. The van der Waals surface area contributed by atoms with Crippen molar-refractivity contribution in [2.24, 2.45) is 0 Å². The monoisotopic (exact) mass is 221 g/mol. The van der Waals surface area contributed by atoms with Crippen molar-refractivity contribution in [3.8, 4) is 0 Å². The molecule has 1 aromatic rings. The van der Waals surface area contributed by atoms with Crippen molar-refractivity contribution in [3.05, 3.63) is 11.8 Å². The van der Waals surface area contributed by atoms with Crippen LogP contribution in [0.5, 0.6) is 0 Å². The second-order valence-electron chi connectivity index (χ2n) is 4.51. The first kappa shape index (κ1) is 11.2. The molecule has 2 rings (SSSR count). The van der Waals surface area contributed by atoms with Gasteiger partial charge in [-0.05, 0) is 19.3 Å². The third kappa shape index (κ3) is 2.43. The molecule has 1 saturated carbocycles. The van der Waals surface area contributed by atoms with Gasteiger partial charge in [-0.2, -0.15) is 5.10 Å². The molecule has 1 aliphatic rings. The fourth-order valence-electron chi connectivity index (χ4n) is 1.72. The van der Waals surface area contributed by atoms with E-state index < -0.39 is 0 Å². The molecule has 0 saturated heterocycles. The molecular weight excluding hydrogens is 202 g/mol.